The third-order valence-electron chi connectivity index (χ3n) is 5.13. The molecule has 0 aliphatic carbocycles. The molecule has 0 saturated carbocycles. The molecular weight excluding hydrogens is 346 g/mol. The molecule has 26 heavy (non-hydrogen) atoms. The van der Waals surface area contributed by atoms with Crippen molar-refractivity contribution >= 4 is 34.1 Å². The highest BCUT2D eigenvalue weighted by molar-refractivity contribution is 7.15. The first kappa shape index (κ1) is 17.0. The smallest absolute Gasteiger partial charge is 0.263 e. The highest BCUT2D eigenvalue weighted by Crippen LogP contribution is 2.30. The Kier molecular flexibility index (Phi) is 4.36. The first-order chi connectivity index (χ1) is 12.5. The van der Waals surface area contributed by atoms with Crippen molar-refractivity contribution < 1.29 is 9.59 Å². The summed E-state index contributed by atoms with van der Waals surface area (Å²) >= 11 is 1.29. The molecule has 6 heteroatoms. The van der Waals surface area contributed by atoms with Crippen LogP contribution in [0.2, 0.25) is 0 Å². The maximum atomic E-state index is 12.7. The lowest BCUT2D eigenvalue weighted by Crippen LogP contribution is -2.38. The van der Waals surface area contributed by atoms with E-state index in [9.17, 15) is 9.59 Å². The lowest BCUT2D eigenvalue weighted by molar-refractivity contribution is 0.0715. The number of piperidine rings is 1. The number of nitrogens with zero attached hydrogens (tertiary/aromatic N) is 3. The molecule has 2 aromatic heterocycles. The Morgan fingerprint density at radius 1 is 1.08 bits per heavy atom. The maximum absolute atomic E-state index is 12.7. The second-order valence-corrected chi connectivity index (χ2v) is 7.89. The van der Waals surface area contributed by atoms with Gasteiger partial charge in [0.2, 0.25) is 0 Å². The molecule has 0 spiro atoms. The van der Waals surface area contributed by atoms with Crippen LogP contribution in [0.25, 0.3) is 11.0 Å². The maximum Gasteiger partial charge on any atom is 0.263 e. The van der Waals surface area contributed by atoms with Crippen LogP contribution in [0.3, 0.4) is 0 Å². The number of hydrogen-bond donors (Lipinski definition) is 0. The largest absolute Gasteiger partial charge is 0.338 e. The zero-order chi connectivity index (χ0) is 18.3. The first-order valence-electron chi connectivity index (χ1n) is 8.86. The Morgan fingerprint density at radius 3 is 2.42 bits per heavy atom. The fraction of sp³-hybridized carbons (Fsp3) is 0.350. The van der Waals surface area contributed by atoms with Crippen molar-refractivity contribution in [2.45, 2.75) is 25.7 Å². The van der Waals surface area contributed by atoms with Crippen LogP contribution in [-0.2, 0) is 7.05 Å². The van der Waals surface area contributed by atoms with Gasteiger partial charge in [-0.1, -0.05) is 12.1 Å². The molecule has 0 radical (unpaired) electrons. The number of aromatic nitrogens is 2. The number of amides is 1. The van der Waals surface area contributed by atoms with Crippen molar-refractivity contribution in [1.29, 1.82) is 0 Å². The minimum Gasteiger partial charge on any atom is -0.338 e. The van der Waals surface area contributed by atoms with Crippen molar-refractivity contribution in [1.82, 2.24) is 14.5 Å². The van der Waals surface area contributed by atoms with E-state index in [1.165, 1.54) is 18.3 Å². The number of ketones is 1. The molecule has 1 aromatic carbocycles. The molecule has 1 saturated heterocycles. The van der Waals surface area contributed by atoms with Crippen LogP contribution in [-0.4, -0.2) is 39.2 Å². The summed E-state index contributed by atoms with van der Waals surface area (Å²) in [6.45, 7) is 2.97. The van der Waals surface area contributed by atoms with Crippen LogP contribution in [0.15, 0.2) is 36.4 Å². The molecule has 1 aliphatic rings. The standard InChI is InChI=1S/C20H21N3O2S/c1-13(24)17-7-8-18(26-17)20(25)23-11-9-14(10-12-23)19-21-15-5-3-4-6-16(15)22(19)2/h3-8,14H,9-12H2,1-2H3. The fourth-order valence-corrected chi connectivity index (χ4v) is 4.54. The van der Waals surface area contributed by atoms with E-state index in [4.69, 9.17) is 4.98 Å². The molecule has 0 bridgehead atoms. The van der Waals surface area contributed by atoms with Crippen molar-refractivity contribution in [2.24, 2.45) is 7.05 Å². The van der Waals surface area contributed by atoms with Gasteiger partial charge in [0.05, 0.1) is 20.8 Å². The summed E-state index contributed by atoms with van der Waals surface area (Å²) in [7, 11) is 2.07. The van der Waals surface area contributed by atoms with E-state index in [2.05, 4.69) is 17.7 Å². The van der Waals surface area contributed by atoms with Crippen LogP contribution >= 0.6 is 11.3 Å². The van der Waals surface area contributed by atoms with Gasteiger partial charge in [0.15, 0.2) is 5.78 Å². The molecule has 3 aromatic rings. The Bertz CT molecular complexity index is 980. The van der Waals surface area contributed by atoms with E-state index >= 15 is 0 Å². The van der Waals surface area contributed by atoms with Gasteiger partial charge in [-0.05, 0) is 44.0 Å². The van der Waals surface area contributed by atoms with Gasteiger partial charge in [0, 0.05) is 26.1 Å². The van der Waals surface area contributed by atoms with Gasteiger partial charge in [0.25, 0.3) is 5.91 Å². The lowest BCUT2D eigenvalue weighted by Gasteiger charge is -2.31. The van der Waals surface area contributed by atoms with E-state index in [-0.39, 0.29) is 11.7 Å². The molecule has 0 N–H and O–H groups in total. The number of likely N-dealkylation sites (tertiary alicyclic amines) is 1. The number of Topliss-reactive ketones (excluding diaryl/α,β-unsaturated/α-hetero) is 1. The van der Waals surface area contributed by atoms with Crippen LogP contribution in [0.5, 0.6) is 0 Å². The molecule has 4 rings (SSSR count). The number of carbonyl (C=O) groups is 2. The molecule has 0 unspecified atom stereocenters. The van der Waals surface area contributed by atoms with Gasteiger partial charge in [-0.2, -0.15) is 0 Å². The van der Waals surface area contributed by atoms with Crippen molar-refractivity contribution in [3.63, 3.8) is 0 Å². The van der Waals surface area contributed by atoms with E-state index in [0.29, 0.717) is 15.7 Å². The monoisotopic (exact) mass is 367 g/mol. The minimum absolute atomic E-state index is 0.00889. The summed E-state index contributed by atoms with van der Waals surface area (Å²) in [4.78, 5) is 32.1. The molecule has 0 atom stereocenters. The number of hydrogen-bond acceptors (Lipinski definition) is 4. The molecule has 5 nitrogen and oxygen atoms in total. The van der Waals surface area contributed by atoms with Gasteiger partial charge < -0.3 is 9.47 Å². The number of thiophene rings is 1. The Hall–Kier alpha value is -2.47. The first-order valence-corrected chi connectivity index (χ1v) is 9.67. The molecular formula is C20H21N3O2S. The van der Waals surface area contributed by atoms with Gasteiger partial charge in [-0.15, -0.1) is 11.3 Å². The summed E-state index contributed by atoms with van der Waals surface area (Å²) in [5.74, 6) is 1.52. The van der Waals surface area contributed by atoms with Gasteiger partial charge in [-0.3, -0.25) is 9.59 Å². The number of fused-ring (bicyclic) bond motifs is 1. The average Bonchev–Trinajstić information content (AvgIpc) is 3.27. The van der Waals surface area contributed by atoms with E-state index in [1.807, 2.05) is 23.1 Å². The van der Waals surface area contributed by atoms with Gasteiger partial charge in [0.1, 0.15) is 5.82 Å². The number of imidazole rings is 1. The Balaban J connectivity index is 1.47. The quantitative estimate of drug-likeness (QED) is 0.661. The predicted octanol–water partition coefficient (Wildman–Crippen LogP) is 3.86. The third-order valence-corrected chi connectivity index (χ3v) is 6.31. The molecule has 3 heterocycles. The number of rotatable bonds is 3. The van der Waals surface area contributed by atoms with E-state index in [0.717, 1.165) is 42.8 Å². The Labute approximate surface area is 156 Å². The summed E-state index contributed by atoms with van der Waals surface area (Å²) in [5, 5.41) is 0. The van der Waals surface area contributed by atoms with Crippen LogP contribution in [0, 0.1) is 0 Å². The second kappa shape index (κ2) is 6.68. The fourth-order valence-electron chi connectivity index (χ4n) is 3.67. The van der Waals surface area contributed by atoms with Gasteiger partial charge in [-0.25, -0.2) is 4.98 Å². The summed E-state index contributed by atoms with van der Waals surface area (Å²) in [6, 6.07) is 11.7. The van der Waals surface area contributed by atoms with Gasteiger partial charge >= 0.3 is 0 Å². The van der Waals surface area contributed by atoms with Crippen molar-refractivity contribution in [2.75, 3.05) is 13.1 Å². The summed E-state index contributed by atoms with van der Waals surface area (Å²) < 4.78 is 2.18. The number of carbonyl (C=O) groups excluding carboxylic acids is 2. The van der Waals surface area contributed by atoms with E-state index < -0.39 is 0 Å². The normalized spacial score (nSPS) is 15.5. The topological polar surface area (TPSA) is 55.2 Å². The molecule has 1 aliphatic heterocycles. The number of aryl methyl sites for hydroxylation is 1. The van der Waals surface area contributed by atoms with E-state index in [1.54, 1.807) is 12.1 Å². The zero-order valence-corrected chi connectivity index (χ0v) is 15.8. The third kappa shape index (κ3) is 2.94. The number of para-hydroxylation sites is 2. The summed E-state index contributed by atoms with van der Waals surface area (Å²) in [5.41, 5.74) is 2.18. The van der Waals surface area contributed by atoms with Crippen molar-refractivity contribution in [3.05, 3.63) is 52.0 Å². The Morgan fingerprint density at radius 2 is 1.77 bits per heavy atom. The lowest BCUT2D eigenvalue weighted by atomic mass is 9.96. The average molecular weight is 367 g/mol. The van der Waals surface area contributed by atoms with Crippen LogP contribution < -0.4 is 0 Å². The van der Waals surface area contributed by atoms with Crippen LogP contribution in [0.4, 0.5) is 0 Å². The molecule has 1 fully saturated rings. The second-order valence-electron chi connectivity index (χ2n) is 6.80. The molecule has 1 amide bonds. The zero-order valence-electron chi connectivity index (χ0n) is 14.9. The SMILES string of the molecule is CC(=O)c1ccc(C(=O)N2CCC(c3nc4ccccc4n3C)CC2)s1. The predicted molar refractivity (Wildman–Crippen MR) is 103 cm³/mol. The highest BCUT2D eigenvalue weighted by atomic mass is 32.1. The summed E-state index contributed by atoms with van der Waals surface area (Å²) in [6.07, 6.45) is 1.82. The number of benzene rings is 1. The minimum atomic E-state index is 0.00889. The molecule has 134 valence electrons. The van der Waals surface area contributed by atoms with Crippen molar-refractivity contribution in [3.8, 4) is 0 Å². The van der Waals surface area contributed by atoms with Crippen LogP contribution in [0.1, 0.15) is 50.9 Å². The highest BCUT2D eigenvalue weighted by Gasteiger charge is 2.28.